The molecule has 0 N–H and O–H groups in total. The summed E-state index contributed by atoms with van der Waals surface area (Å²) >= 11 is 3.73. The monoisotopic (exact) mass is 275 g/mol. The molecule has 1 fully saturated rings. The fraction of sp³-hybridized carbons (Fsp3) is 1.00. The van der Waals surface area contributed by atoms with Gasteiger partial charge in [0.25, 0.3) is 0 Å². The van der Waals surface area contributed by atoms with Gasteiger partial charge in [0.15, 0.2) is 0 Å². The van der Waals surface area contributed by atoms with E-state index in [1.165, 1.54) is 50.4 Å². The van der Waals surface area contributed by atoms with Gasteiger partial charge in [-0.25, -0.2) is 0 Å². The molecule has 0 amide bonds. The minimum atomic E-state index is 0.581. The molecule has 0 heterocycles. The lowest BCUT2D eigenvalue weighted by Crippen LogP contribution is -2.40. The summed E-state index contributed by atoms with van der Waals surface area (Å²) in [5.41, 5.74) is 0.581. The highest BCUT2D eigenvalue weighted by Crippen LogP contribution is 2.40. The highest BCUT2D eigenvalue weighted by molar-refractivity contribution is 9.09. The molecule has 0 atom stereocenters. The second-order valence-electron chi connectivity index (χ2n) is 5.23. The molecule has 0 aromatic carbocycles. The van der Waals surface area contributed by atoms with Crippen molar-refractivity contribution in [2.45, 2.75) is 58.4 Å². The van der Waals surface area contributed by atoms with Crippen LogP contribution in [0, 0.1) is 5.41 Å². The maximum atomic E-state index is 3.73. The zero-order valence-corrected chi connectivity index (χ0v) is 12.1. The molecule has 15 heavy (non-hydrogen) atoms. The molecule has 1 aliphatic carbocycles. The van der Waals surface area contributed by atoms with Gasteiger partial charge in [-0.05, 0) is 38.1 Å². The van der Waals surface area contributed by atoms with Crippen LogP contribution in [0.2, 0.25) is 0 Å². The van der Waals surface area contributed by atoms with Crippen molar-refractivity contribution in [1.82, 2.24) is 4.90 Å². The molecule has 0 saturated heterocycles. The molecule has 0 bridgehead atoms. The third-order valence-corrected chi connectivity index (χ3v) is 5.29. The average molecular weight is 276 g/mol. The summed E-state index contributed by atoms with van der Waals surface area (Å²) in [4.78, 5) is 2.59. The predicted octanol–water partition coefficient (Wildman–Crippen LogP) is 4.06. The van der Waals surface area contributed by atoms with E-state index in [4.69, 9.17) is 0 Å². The summed E-state index contributed by atoms with van der Waals surface area (Å²) in [5.74, 6) is 0. The van der Waals surface area contributed by atoms with Gasteiger partial charge in [-0.1, -0.05) is 42.6 Å². The molecule has 2 heteroatoms. The molecule has 90 valence electrons. The van der Waals surface area contributed by atoms with Crippen molar-refractivity contribution in [3.8, 4) is 0 Å². The third kappa shape index (κ3) is 3.45. The molecule has 1 nitrogen and oxygen atoms in total. The van der Waals surface area contributed by atoms with E-state index in [-0.39, 0.29) is 0 Å². The van der Waals surface area contributed by atoms with E-state index in [0.717, 1.165) is 6.04 Å². The normalized spacial score (nSPS) is 20.4. The predicted molar refractivity (Wildman–Crippen MR) is 71.7 cm³/mol. The Labute approximate surface area is 104 Å². The average Bonchev–Trinajstić information content (AvgIpc) is 2.69. The van der Waals surface area contributed by atoms with Crippen molar-refractivity contribution in [2.24, 2.45) is 5.41 Å². The molecule has 1 aliphatic rings. The van der Waals surface area contributed by atoms with Crippen LogP contribution in [0.15, 0.2) is 0 Å². The van der Waals surface area contributed by atoms with E-state index in [0.29, 0.717) is 5.41 Å². The van der Waals surface area contributed by atoms with Crippen LogP contribution in [0.3, 0.4) is 0 Å². The summed E-state index contributed by atoms with van der Waals surface area (Å²) in [5, 5.41) is 1.19. The molecule has 0 aromatic heterocycles. The molecular formula is C13H26BrN. The van der Waals surface area contributed by atoms with Gasteiger partial charge < -0.3 is 4.90 Å². The smallest absolute Gasteiger partial charge is 0.0100 e. The van der Waals surface area contributed by atoms with Crippen molar-refractivity contribution in [3.63, 3.8) is 0 Å². The molecule has 0 unspecified atom stereocenters. The Hall–Kier alpha value is 0.440. The second kappa shape index (κ2) is 6.24. The maximum absolute atomic E-state index is 3.73. The van der Waals surface area contributed by atoms with Gasteiger partial charge in [0.05, 0.1) is 0 Å². The largest absolute Gasteiger partial charge is 0.303 e. The molecule has 0 radical (unpaired) electrons. The van der Waals surface area contributed by atoms with E-state index >= 15 is 0 Å². The Bertz CT molecular complexity index is 171. The molecule has 0 spiro atoms. The third-order valence-electron chi connectivity index (χ3n) is 4.10. The molecular weight excluding hydrogens is 250 g/mol. The number of alkyl halides is 1. The van der Waals surface area contributed by atoms with E-state index in [2.05, 4.69) is 41.7 Å². The fourth-order valence-electron chi connectivity index (χ4n) is 3.03. The standard InChI is InChI=1S/C13H26BrN/c1-4-12(5-2)15(3)11-13(10-14)8-6-7-9-13/h12H,4-11H2,1-3H3. The minimum absolute atomic E-state index is 0.581. The Morgan fingerprint density at radius 1 is 1.20 bits per heavy atom. The van der Waals surface area contributed by atoms with Crippen LogP contribution < -0.4 is 0 Å². The lowest BCUT2D eigenvalue weighted by atomic mass is 9.87. The van der Waals surface area contributed by atoms with Crippen LogP contribution in [-0.2, 0) is 0 Å². The first kappa shape index (κ1) is 13.5. The molecule has 1 rings (SSSR count). The summed E-state index contributed by atoms with van der Waals surface area (Å²) in [6.07, 6.45) is 8.27. The van der Waals surface area contributed by atoms with Gasteiger partial charge in [-0.3, -0.25) is 0 Å². The summed E-state index contributed by atoms with van der Waals surface area (Å²) in [7, 11) is 2.31. The first-order chi connectivity index (χ1) is 7.17. The van der Waals surface area contributed by atoms with Gasteiger partial charge in [-0.15, -0.1) is 0 Å². The number of hydrogen-bond acceptors (Lipinski definition) is 1. The Morgan fingerprint density at radius 2 is 1.73 bits per heavy atom. The van der Waals surface area contributed by atoms with Crippen molar-refractivity contribution in [1.29, 1.82) is 0 Å². The summed E-state index contributed by atoms with van der Waals surface area (Å²) in [6.45, 7) is 5.89. The zero-order chi connectivity index (χ0) is 11.3. The SMILES string of the molecule is CCC(CC)N(C)CC1(CBr)CCCC1. The molecule has 0 aliphatic heterocycles. The van der Waals surface area contributed by atoms with Gasteiger partial charge in [0.1, 0.15) is 0 Å². The van der Waals surface area contributed by atoms with Gasteiger partial charge >= 0.3 is 0 Å². The van der Waals surface area contributed by atoms with Crippen LogP contribution in [0.25, 0.3) is 0 Å². The van der Waals surface area contributed by atoms with E-state index in [1.54, 1.807) is 0 Å². The van der Waals surface area contributed by atoms with Crippen LogP contribution in [0.1, 0.15) is 52.4 Å². The van der Waals surface area contributed by atoms with Crippen molar-refractivity contribution >= 4 is 15.9 Å². The van der Waals surface area contributed by atoms with Gasteiger partial charge in [0.2, 0.25) is 0 Å². The van der Waals surface area contributed by atoms with Crippen LogP contribution in [-0.4, -0.2) is 29.9 Å². The van der Waals surface area contributed by atoms with Crippen LogP contribution >= 0.6 is 15.9 Å². The number of nitrogens with zero attached hydrogens (tertiary/aromatic N) is 1. The van der Waals surface area contributed by atoms with Crippen molar-refractivity contribution in [3.05, 3.63) is 0 Å². The number of halogens is 1. The van der Waals surface area contributed by atoms with E-state index in [1.807, 2.05) is 0 Å². The lowest BCUT2D eigenvalue weighted by Gasteiger charge is -2.36. The minimum Gasteiger partial charge on any atom is -0.303 e. The second-order valence-corrected chi connectivity index (χ2v) is 5.79. The molecule has 0 aromatic rings. The Morgan fingerprint density at radius 3 is 2.13 bits per heavy atom. The van der Waals surface area contributed by atoms with Crippen molar-refractivity contribution in [2.75, 3.05) is 18.9 Å². The Kier molecular flexibility index (Phi) is 5.62. The lowest BCUT2D eigenvalue weighted by molar-refractivity contribution is 0.148. The Balaban J connectivity index is 2.50. The first-order valence-electron chi connectivity index (χ1n) is 6.43. The number of hydrogen-bond donors (Lipinski definition) is 0. The molecule has 1 saturated carbocycles. The quantitative estimate of drug-likeness (QED) is 0.661. The number of rotatable bonds is 6. The van der Waals surface area contributed by atoms with Gasteiger partial charge in [-0.2, -0.15) is 0 Å². The summed E-state index contributed by atoms with van der Waals surface area (Å²) < 4.78 is 0. The van der Waals surface area contributed by atoms with Crippen LogP contribution in [0.5, 0.6) is 0 Å². The maximum Gasteiger partial charge on any atom is 0.0100 e. The van der Waals surface area contributed by atoms with E-state index in [9.17, 15) is 0 Å². The highest BCUT2D eigenvalue weighted by Gasteiger charge is 2.34. The van der Waals surface area contributed by atoms with E-state index < -0.39 is 0 Å². The van der Waals surface area contributed by atoms with Crippen molar-refractivity contribution < 1.29 is 0 Å². The highest BCUT2D eigenvalue weighted by atomic mass is 79.9. The van der Waals surface area contributed by atoms with Gasteiger partial charge in [0, 0.05) is 17.9 Å². The van der Waals surface area contributed by atoms with Crippen LogP contribution in [0.4, 0.5) is 0 Å². The zero-order valence-electron chi connectivity index (χ0n) is 10.6. The topological polar surface area (TPSA) is 3.24 Å². The summed E-state index contributed by atoms with van der Waals surface area (Å²) in [6, 6.07) is 0.779. The first-order valence-corrected chi connectivity index (χ1v) is 7.56. The fourth-order valence-corrected chi connectivity index (χ4v) is 3.77.